The molecular weight excluding hydrogens is 222 g/mol. The zero-order valence-corrected chi connectivity index (χ0v) is 9.33. The van der Waals surface area contributed by atoms with Crippen LogP contribution in [-0.2, 0) is 11.3 Å². The normalized spacial score (nSPS) is 20.6. The molecule has 1 heterocycles. The van der Waals surface area contributed by atoms with E-state index in [4.69, 9.17) is 10.2 Å². The smallest absolute Gasteiger partial charge is 0.307 e. The minimum absolute atomic E-state index is 0.0242. The topological polar surface area (TPSA) is 81.0 Å². The van der Waals surface area contributed by atoms with E-state index in [1.54, 1.807) is 6.07 Å². The molecule has 5 nitrogen and oxygen atoms in total. The van der Waals surface area contributed by atoms with Crippen molar-refractivity contribution in [2.45, 2.75) is 13.0 Å². The lowest BCUT2D eigenvalue weighted by atomic mass is 10.1. The number of rotatable bonds is 3. The maximum Gasteiger partial charge on any atom is 0.307 e. The van der Waals surface area contributed by atoms with Crippen molar-refractivity contribution in [3.63, 3.8) is 0 Å². The zero-order chi connectivity index (χ0) is 12.4. The van der Waals surface area contributed by atoms with Crippen molar-refractivity contribution in [2.75, 3.05) is 13.1 Å². The highest BCUT2D eigenvalue weighted by Crippen LogP contribution is 2.26. The Morgan fingerprint density at radius 2 is 2.18 bits per heavy atom. The highest BCUT2D eigenvalue weighted by atomic mass is 16.4. The van der Waals surface area contributed by atoms with Gasteiger partial charge in [-0.1, -0.05) is 6.07 Å². The Kier molecular flexibility index (Phi) is 3.19. The van der Waals surface area contributed by atoms with Gasteiger partial charge in [-0.05, 0) is 19.0 Å². The van der Waals surface area contributed by atoms with Crippen molar-refractivity contribution in [1.29, 1.82) is 0 Å². The monoisotopic (exact) mass is 237 g/mol. The summed E-state index contributed by atoms with van der Waals surface area (Å²) < 4.78 is 0. The van der Waals surface area contributed by atoms with Crippen molar-refractivity contribution in [3.8, 4) is 11.5 Å². The summed E-state index contributed by atoms with van der Waals surface area (Å²) in [5.41, 5.74) is 0.703. The van der Waals surface area contributed by atoms with Crippen LogP contribution in [0.3, 0.4) is 0 Å². The molecule has 1 fully saturated rings. The largest absolute Gasteiger partial charge is 0.508 e. The number of likely N-dealkylation sites (tertiary alicyclic amines) is 1. The van der Waals surface area contributed by atoms with E-state index in [-0.39, 0.29) is 17.4 Å². The molecule has 3 N–H and O–H groups in total. The van der Waals surface area contributed by atoms with Crippen LogP contribution in [0.15, 0.2) is 18.2 Å². The molecule has 92 valence electrons. The fourth-order valence-corrected chi connectivity index (χ4v) is 2.10. The molecule has 1 unspecified atom stereocenters. The second-order valence-electron chi connectivity index (χ2n) is 4.37. The van der Waals surface area contributed by atoms with Crippen LogP contribution in [0.25, 0.3) is 0 Å². The van der Waals surface area contributed by atoms with Crippen LogP contribution in [0.2, 0.25) is 0 Å². The van der Waals surface area contributed by atoms with Crippen LogP contribution < -0.4 is 0 Å². The minimum atomic E-state index is -0.762. The van der Waals surface area contributed by atoms with Gasteiger partial charge in [0.05, 0.1) is 5.92 Å². The maximum absolute atomic E-state index is 10.8. The number of hydrogen-bond donors (Lipinski definition) is 3. The molecule has 1 aromatic carbocycles. The Labute approximate surface area is 98.9 Å². The van der Waals surface area contributed by atoms with E-state index in [1.165, 1.54) is 12.1 Å². The first-order valence-electron chi connectivity index (χ1n) is 5.52. The number of aliphatic carboxylic acids is 1. The summed E-state index contributed by atoms with van der Waals surface area (Å²) >= 11 is 0. The Morgan fingerprint density at radius 1 is 1.41 bits per heavy atom. The lowest BCUT2D eigenvalue weighted by Gasteiger charge is -2.16. The molecule has 0 aliphatic carbocycles. The Hall–Kier alpha value is -1.75. The van der Waals surface area contributed by atoms with Crippen molar-refractivity contribution in [3.05, 3.63) is 23.8 Å². The van der Waals surface area contributed by atoms with Crippen LogP contribution in [0.1, 0.15) is 12.0 Å². The average Bonchev–Trinajstić information content (AvgIpc) is 2.71. The number of benzene rings is 1. The summed E-state index contributed by atoms with van der Waals surface area (Å²) in [6, 6.07) is 4.46. The van der Waals surface area contributed by atoms with Gasteiger partial charge < -0.3 is 15.3 Å². The maximum atomic E-state index is 10.8. The number of hydrogen-bond acceptors (Lipinski definition) is 4. The van der Waals surface area contributed by atoms with E-state index in [0.717, 1.165) is 6.54 Å². The lowest BCUT2D eigenvalue weighted by molar-refractivity contribution is -0.141. The first-order valence-corrected chi connectivity index (χ1v) is 5.52. The Morgan fingerprint density at radius 3 is 2.76 bits per heavy atom. The van der Waals surface area contributed by atoms with Gasteiger partial charge in [0.2, 0.25) is 0 Å². The number of nitrogens with zero attached hydrogens (tertiary/aromatic N) is 1. The van der Waals surface area contributed by atoms with Crippen LogP contribution in [0.5, 0.6) is 11.5 Å². The number of carboxylic acids is 1. The van der Waals surface area contributed by atoms with E-state index in [0.29, 0.717) is 25.1 Å². The van der Waals surface area contributed by atoms with Crippen molar-refractivity contribution >= 4 is 5.97 Å². The molecule has 0 bridgehead atoms. The first-order chi connectivity index (χ1) is 8.06. The molecule has 0 saturated carbocycles. The number of phenolic OH excluding ortho intramolecular Hbond substituents is 2. The summed E-state index contributed by atoms with van der Waals surface area (Å²) in [6.45, 7) is 1.74. The quantitative estimate of drug-likeness (QED) is 0.730. The molecule has 1 aliphatic heterocycles. The third-order valence-corrected chi connectivity index (χ3v) is 3.08. The van der Waals surface area contributed by atoms with Crippen molar-refractivity contribution in [1.82, 2.24) is 4.90 Å². The molecule has 0 amide bonds. The van der Waals surface area contributed by atoms with Gasteiger partial charge in [-0.15, -0.1) is 0 Å². The molecule has 2 rings (SSSR count). The fourth-order valence-electron chi connectivity index (χ4n) is 2.10. The molecule has 0 aromatic heterocycles. The number of carboxylic acid groups (broad SMARTS) is 1. The van der Waals surface area contributed by atoms with Crippen LogP contribution in [0.4, 0.5) is 0 Å². The van der Waals surface area contributed by atoms with Gasteiger partial charge in [-0.3, -0.25) is 9.69 Å². The number of aromatic hydroxyl groups is 2. The molecule has 0 spiro atoms. The molecule has 1 aliphatic rings. The van der Waals surface area contributed by atoms with Crippen LogP contribution >= 0.6 is 0 Å². The number of carbonyl (C=O) groups is 1. The van der Waals surface area contributed by atoms with Gasteiger partial charge in [0, 0.05) is 24.7 Å². The summed E-state index contributed by atoms with van der Waals surface area (Å²) in [5.74, 6) is -1.00. The van der Waals surface area contributed by atoms with Crippen molar-refractivity contribution in [2.24, 2.45) is 5.92 Å². The molecule has 5 heteroatoms. The van der Waals surface area contributed by atoms with Gasteiger partial charge in [0.25, 0.3) is 0 Å². The standard InChI is InChI=1S/C12H15NO4/c14-10-2-1-8(11(15)5-10)6-13-4-3-9(7-13)12(16)17/h1-2,5,9,14-15H,3-4,6-7H2,(H,16,17). The van der Waals surface area contributed by atoms with E-state index in [9.17, 15) is 9.90 Å². The molecule has 1 saturated heterocycles. The first kappa shape index (κ1) is 11.7. The molecular formula is C12H15NO4. The van der Waals surface area contributed by atoms with E-state index in [2.05, 4.69) is 0 Å². The van der Waals surface area contributed by atoms with Crippen LogP contribution in [-0.4, -0.2) is 39.3 Å². The summed E-state index contributed by atoms with van der Waals surface area (Å²) in [4.78, 5) is 12.8. The van der Waals surface area contributed by atoms with E-state index < -0.39 is 5.97 Å². The Balaban J connectivity index is 2.00. The van der Waals surface area contributed by atoms with E-state index in [1.807, 2.05) is 4.90 Å². The Bertz CT molecular complexity index is 433. The molecule has 1 aromatic rings. The summed E-state index contributed by atoms with van der Waals surface area (Å²) in [6.07, 6.45) is 0.647. The summed E-state index contributed by atoms with van der Waals surface area (Å²) in [7, 11) is 0. The lowest BCUT2D eigenvalue weighted by Crippen LogP contribution is -2.22. The number of phenols is 2. The van der Waals surface area contributed by atoms with Gasteiger partial charge in [-0.2, -0.15) is 0 Å². The highest BCUT2D eigenvalue weighted by Gasteiger charge is 2.28. The van der Waals surface area contributed by atoms with Gasteiger partial charge in [0.1, 0.15) is 11.5 Å². The van der Waals surface area contributed by atoms with Crippen LogP contribution in [0, 0.1) is 5.92 Å². The van der Waals surface area contributed by atoms with Gasteiger partial charge in [0.15, 0.2) is 0 Å². The highest BCUT2D eigenvalue weighted by molar-refractivity contribution is 5.70. The van der Waals surface area contributed by atoms with Gasteiger partial charge in [-0.25, -0.2) is 0 Å². The molecule has 1 atom stereocenters. The predicted molar refractivity (Wildman–Crippen MR) is 60.8 cm³/mol. The minimum Gasteiger partial charge on any atom is -0.508 e. The van der Waals surface area contributed by atoms with E-state index >= 15 is 0 Å². The molecule has 0 radical (unpaired) electrons. The third kappa shape index (κ3) is 2.68. The SMILES string of the molecule is O=C(O)C1CCN(Cc2ccc(O)cc2O)C1. The fraction of sp³-hybridized carbons (Fsp3) is 0.417. The second-order valence-corrected chi connectivity index (χ2v) is 4.37. The third-order valence-electron chi connectivity index (χ3n) is 3.08. The predicted octanol–water partition coefficient (Wildman–Crippen LogP) is 1.00. The summed E-state index contributed by atoms with van der Waals surface area (Å²) in [5, 5.41) is 27.7. The van der Waals surface area contributed by atoms with Gasteiger partial charge >= 0.3 is 5.97 Å². The average molecular weight is 237 g/mol. The molecule has 17 heavy (non-hydrogen) atoms. The second kappa shape index (κ2) is 4.63. The zero-order valence-electron chi connectivity index (χ0n) is 9.33. The van der Waals surface area contributed by atoms with Crippen molar-refractivity contribution < 1.29 is 20.1 Å².